The van der Waals surface area contributed by atoms with E-state index in [1.54, 1.807) is 0 Å². The van der Waals surface area contributed by atoms with Crippen molar-refractivity contribution in [2.75, 3.05) is 7.05 Å². The van der Waals surface area contributed by atoms with Gasteiger partial charge in [0.1, 0.15) is 0 Å². The summed E-state index contributed by atoms with van der Waals surface area (Å²) in [5, 5.41) is 0. The summed E-state index contributed by atoms with van der Waals surface area (Å²) in [5.41, 5.74) is 0. The summed E-state index contributed by atoms with van der Waals surface area (Å²) in [6.45, 7) is 4.38. The Labute approximate surface area is 113 Å². The largest absolute Gasteiger partial charge is 0.360 e. The SMILES string of the molecule is CC(C)N=C1CCC2CCCCCCCC2N1C. The Hall–Kier alpha value is -0.530. The summed E-state index contributed by atoms with van der Waals surface area (Å²) in [6, 6.07) is 1.21. The molecule has 0 aromatic carbocycles. The predicted octanol–water partition coefficient (Wildman–Crippen LogP) is 4.25. The number of likely N-dealkylation sites (tertiary alicyclic amines) is 1. The minimum atomic E-state index is 0.440. The molecule has 2 rings (SSSR count). The molecule has 0 amide bonds. The van der Waals surface area contributed by atoms with E-state index in [4.69, 9.17) is 4.99 Å². The van der Waals surface area contributed by atoms with Gasteiger partial charge in [-0.25, -0.2) is 0 Å². The quantitative estimate of drug-likeness (QED) is 0.679. The average Bonchev–Trinajstić information content (AvgIpc) is 2.44. The Bertz CT molecular complexity index is 283. The lowest BCUT2D eigenvalue weighted by Gasteiger charge is -2.41. The van der Waals surface area contributed by atoms with E-state index in [1.165, 1.54) is 63.6 Å². The second kappa shape index (κ2) is 6.58. The van der Waals surface area contributed by atoms with Gasteiger partial charge in [-0.05, 0) is 39.0 Å². The van der Waals surface area contributed by atoms with Crippen molar-refractivity contribution < 1.29 is 0 Å². The van der Waals surface area contributed by atoms with Crippen molar-refractivity contribution in [2.24, 2.45) is 10.9 Å². The number of piperidine rings is 1. The lowest BCUT2D eigenvalue weighted by molar-refractivity contribution is 0.191. The zero-order valence-electron chi connectivity index (χ0n) is 12.5. The van der Waals surface area contributed by atoms with E-state index in [0.717, 1.165) is 12.0 Å². The van der Waals surface area contributed by atoms with Gasteiger partial charge in [0.05, 0.1) is 5.84 Å². The summed E-state index contributed by atoms with van der Waals surface area (Å²) in [7, 11) is 2.29. The van der Waals surface area contributed by atoms with Gasteiger partial charge in [-0.3, -0.25) is 4.99 Å². The molecule has 2 nitrogen and oxygen atoms in total. The number of nitrogens with zero attached hydrogens (tertiary/aromatic N) is 2. The number of amidine groups is 1. The molecule has 0 N–H and O–H groups in total. The smallest absolute Gasteiger partial charge is 0.0992 e. The normalized spacial score (nSPS) is 32.9. The third kappa shape index (κ3) is 3.49. The molecule has 18 heavy (non-hydrogen) atoms. The third-order valence-corrected chi connectivity index (χ3v) is 4.67. The van der Waals surface area contributed by atoms with Crippen LogP contribution in [0, 0.1) is 5.92 Å². The van der Waals surface area contributed by atoms with Gasteiger partial charge in [0.25, 0.3) is 0 Å². The zero-order chi connectivity index (χ0) is 13.0. The summed E-state index contributed by atoms with van der Waals surface area (Å²) < 4.78 is 0. The number of fused-ring (bicyclic) bond motifs is 1. The Balaban J connectivity index is 2.06. The van der Waals surface area contributed by atoms with Gasteiger partial charge in [-0.2, -0.15) is 0 Å². The molecule has 2 unspecified atom stereocenters. The molecule has 104 valence electrons. The first-order chi connectivity index (χ1) is 8.68. The highest BCUT2D eigenvalue weighted by Crippen LogP contribution is 2.33. The van der Waals surface area contributed by atoms with Gasteiger partial charge in [0.2, 0.25) is 0 Å². The van der Waals surface area contributed by atoms with Gasteiger partial charge < -0.3 is 4.90 Å². The van der Waals surface area contributed by atoms with Crippen LogP contribution in [0.5, 0.6) is 0 Å². The molecule has 2 atom stereocenters. The Morgan fingerprint density at radius 2 is 1.67 bits per heavy atom. The number of rotatable bonds is 1. The first-order valence-corrected chi connectivity index (χ1v) is 7.98. The lowest BCUT2D eigenvalue weighted by atomic mass is 9.83. The Kier molecular flexibility index (Phi) is 5.08. The maximum Gasteiger partial charge on any atom is 0.0992 e. The summed E-state index contributed by atoms with van der Waals surface area (Å²) in [6.07, 6.45) is 12.6. The predicted molar refractivity (Wildman–Crippen MR) is 79.2 cm³/mol. The van der Waals surface area contributed by atoms with E-state index in [-0.39, 0.29) is 0 Å². The molecule has 0 radical (unpaired) electrons. The van der Waals surface area contributed by atoms with Crippen LogP contribution in [0.2, 0.25) is 0 Å². The highest BCUT2D eigenvalue weighted by molar-refractivity contribution is 5.83. The molecule has 1 aliphatic heterocycles. The van der Waals surface area contributed by atoms with Crippen molar-refractivity contribution in [3.63, 3.8) is 0 Å². The molecule has 0 aromatic heterocycles. The lowest BCUT2D eigenvalue weighted by Crippen LogP contribution is -2.46. The molecule has 0 spiro atoms. The second-order valence-electron chi connectivity index (χ2n) is 6.46. The maximum atomic E-state index is 4.83. The van der Waals surface area contributed by atoms with Gasteiger partial charge in [0, 0.05) is 25.6 Å². The van der Waals surface area contributed by atoms with Crippen LogP contribution < -0.4 is 0 Å². The number of hydrogen-bond acceptors (Lipinski definition) is 1. The van der Waals surface area contributed by atoms with Crippen LogP contribution in [0.25, 0.3) is 0 Å². The molecule has 2 fully saturated rings. The number of hydrogen-bond donors (Lipinski definition) is 0. The molecular formula is C16H30N2. The van der Waals surface area contributed by atoms with E-state index in [2.05, 4.69) is 25.8 Å². The van der Waals surface area contributed by atoms with Crippen molar-refractivity contribution in [2.45, 2.75) is 83.7 Å². The third-order valence-electron chi connectivity index (χ3n) is 4.67. The van der Waals surface area contributed by atoms with Gasteiger partial charge in [-0.1, -0.05) is 32.1 Å². The molecule has 1 saturated heterocycles. The van der Waals surface area contributed by atoms with Crippen LogP contribution in [0.4, 0.5) is 0 Å². The highest BCUT2D eigenvalue weighted by atomic mass is 15.2. The van der Waals surface area contributed by atoms with Crippen molar-refractivity contribution in [3.05, 3.63) is 0 Å². The van der Waals surface area contributed by atoms with Gasteiger partial charge in [-0.15, -0.1) is 0 Å². The first kappa shape index (κ1) is 13.9. The first-order valence-electron chi connectivity index (χ1n) is 7.98. The van der Waals surface area contributed by atoms with Crippen molar-refractivity contribution in [1.29, 1.82) is 0 Å². The van der Waals surface area contributed by atoms with Crippen molar-refractivity contribution >= 4 is 5.84 Å². The van der Waals surface area contributed by atoms with Crippen LogP contribution in [0.1, 0.15) is 71.6 Å². The molecule has 0 aromatic rings. The summed E-state index contributed by atoms with van der Waals surface area (Å²) in [4.78, 5) is 7.36. The van der Waals surface area contributed by atoms with Crippen LogP contribution in [0.3, 0.4) is 0 Å². The van der Waals surface area contributed by atoms with Gasteiger partial charge >= 0.3 is 0 Å². The standard InChI is InChI=1S/C16H30N2/c1-13(2)17-16-12-11-14-9-7-5-4-6-8-10-15(14)18(16)3/h13-15H,4-12H2,1-3H3. The summed E-state index contributed by atoms with van der Waals surface area (Å²) >= 11 is 0. The second-order valence-corrected chi connectivity index (χ2v) is 6.46. The fraction of sp³-hybridized carbons (Fsp3) is 0.938. The Morgan fingerprint density at radius 3 is 2.39 bits per heavy atom. The van der Waals surface area contributed by atoms with E-state index >= 15 is 0 Å². The molecule has 1 aliphatic carbocycles. The maximum absolute atomic E-state index is 4.83. The van der Waals surface area contributed by atoms with Crippen LogP contribution in [-0.4, -0.2) is 29.9 Å². The van der Waals surface area contributed by atoms with E-state index in [1.807, 2.05) is 0 Å². The minimum absolute atomic E-state index is 0.440. The molecule has 1 heterocycles. The highest BCUT2D eigenvalue weighted by Gasteiger charge is 2.31. The van der Waals surface area contributed by atoms with Gasteiger partial charge in [0.15, 0.2) is 0 Å². The fourth-order valence-corrected chi connectivity index (χ4v) is 3.70. The fourth-order valence-electron chi connectivity index (χ4n) is 3.70. The van der Waals surface area contributed by atoms with Crippen LogP contribution >= 0.6 is 0 Å². The van der Waals surface area contributed by atoms with E-state index < -0.39 is 0 Å². The van der Waals surface area contributed by atoms with E-state index in [9.17, 15) is 0 Å². The van der Waals surface area contributed by atoms with Crippen molar-refractivity contribution in [3.8, 4) is 0 Å². The number of aliphatic imine (C=N–C) groups is 1. The molecule has 0 bridgehead atoms. The zero-order valence-corrected chi connectivity index (χ0v) is 12.5. The monoisotopic (exact) mass is 250 g/mol. The average molecular weight is 250 g/mol. The van der Waals surface area contributed by atoms with Crippen LogP contribution in [-0.2, 0) is 0 Å². The molecular weight excluding hydrogens is 220 g/mol. The molecule has 2 aliphatic rings. The van der Waals surface area contributed by atoms with E-state index in [0.29, 0.717) is 6.04 Å². The summed E-state index contributed by atoms with van der Waals surface area (Å²) in [5.74, 6) is 2.30. The van der Waals surface area contributed by atoms with Crippen LogP contribution in [0.15, 0.2) is 4.99 Å². The minimum Gasteiger partial charge on any atom is -0.360 e. The van der Waals surface area contributed by atoms with Crippen molar-refractivity contribution in [1.82, 2.24) is 4.90 Å². The Morgan fingerprint density at radius 1 is 1.00 bits per heavy atom. The topological polar surface area (TPSA) is 15.6 Å². The molecule has 1 saturated carbocycles. The molecule has 2 heteroatoms.